The van der Waals surface area contributed by atoms with Crippen LogP contribution < -0.4 is 16.2 Å². The lowest BCUT2D eigenvalue weighted by Crippen LogP contribution is -2.28. The summed E-state index contributed by atoms with van der Waals surface area (Å²) in [5.41, 5.74) is 1.89. The van der Waals surface area contributed by atoms with Gasteiger partial charge in [-0.3, -0.25) is 14.4 Å². The molecule has 2 N–H and O–H groups in total. The maximum absolute atomic E-state index is 13.2. The van der Waals surface area contributed by atoms with Crippen LogP contribution in [-0.4, -0.2) is 21.6 Å². The molecule has 0 saturated heterocycles. The number of carbonyl (C=O) groups excluding carboxylic acids is 2. The van der Waals surface area contributed by atoms with Crippen molar-refractivity contribution in [2.24, 2.45) is 0 Å². The standard InChI is InChI=1S/C25H22N4O3/c1-2-22(30)26-18-11-8-12-19(15-18)27-24(31)23-20-13-6-7-14-21(20)25(32)29(28-23)16-17-9-4-3-5-10-17/h3-15H,2,16H2,1H3,(H,26,30)(H,27,31). The van der Waals surface area contributed by atoms with Crippen molar-refractivity contribution in [1.82, 2.24) is 9.78 Å². The molecule has 1 heterocycles. The largest absolute Gasteiger partial charge is 0.326 e. The molecule has 4 aromatic rings. The van der Waals surface area contributed by atoms with Gasteiger partial charge in [0.1, 0.15) is 0 Å². The van der Waals surface area contributed by atoms with Crippen LogP contribution in [0.25, 0.3) is 10.8 Å². The molecule has 1 aromatic heterocycles. The molecular weight excluding hydrogens is 404 g/mol. The smallest absolute Gasteiger partial charge is 0.276 e. The molecule has 2 amide bonds. The molecule has 0 fully saturated rings. The summed E-state index contributed by atoms with van der Waals surface area (Å²) < 4.78 is 1.31. The fourth-order valence-electron chi connectivity index (χ4n) is 3.38. The lowest BCUT2D eigenvalue weighted by Gasteiger charge is -2.12. The van der Waals surface area contributed by atoms with Crippen LogP contribution in [-0.2, 0) is 11.3 Å². The number of fused-ring (bicyclic) bond motifs is 1. The third-order valence-electron chi connectivity index (χ3n) is 4.98. The number of nitrogens with one attached hydrogen (secondary N) is 2. The van der Waals surface area contributed by atoms with Gasteiger partial charge in [0.05, 0.1) is 11.9 Å². The van der Waals surface area contributed by atoms with Crippen molar-refractivity contribution in [2.45, 2.75) is 19.9 Å². The van der Waals surface area contributed by atoms with Crippen molar-refractivity contribution in [1.29, 1.82) is 0 Å². The molecule has 0 bridgehead atoms. The molecule has 160 valence electrons. The van der Waals surface area contributed by atoms with E-state index in [9.17, 15) is 14.4 Å². The van der Waals surface area contributed by atoms with Crippen molar-refractivity contribution in [3.8, 4) is 0 Å². The van der Waals surface area contributed by atoms with E-state index in [1.165, 1.54) is 4.68 Å². The second kappa shape index (κ2) is 9.26. The van der Waals surface area contributed by atoms with E-state index in [1.807, 2.05) is 30.3 Å². The minimum absolute atomic E-state index is 0.117. The Morgan fingerprint density at radius 1 is 0.844 bits per heavy atom. The van der Waals surface area contributed by atoms with Gasteiger partial charge in [0.2, 0.25) is 5.91 Å². The van der Waals surface area contributed by atoms with Gasteiger partial charge >= 0.3 is 0 Å². The molecule has 0 radical (unpaired) electrons. The molecule has 0 aliphatic heterocycles. The lowest BCUT2D eigenvalue weighted by atomic mass is 10.1. The van der Waals surface area contributed by atoms with Crippen LogP contribution in [0.5, 0.6) is 0 Å². The Balaban J connectivity index is 1.70. The van der Waals surface area contributed by atoms with Gasteiger partial charge in [-0.05, 0) is 29.8 Å². The van der Waals surface area contributed by atoms with E-state index in [0.717, 1.165) is 5.56 Å². The summed E-state index contributed by atoms with van der Waals surface area (Å²) in [7, 11) is 0. The maximum atomic E-state index is 13.2. The summed E-state index contributed by atoms with van der Waals surface area (Å²) in [5, 5.41) is 10.9. The van der Waals surface area contributed by atoms with Gasteiger partial charge in [-0.1, -0.05) is 61.5 Å². The minimum Gasteiger partial charge on any atom is -0.326 e. The second-order valence-electron chi connectivity index (χ2n) is 7.28. The summed E-state index contributed by atoms with van der Waals surface area (Å²) in [5.74, 6) is -0.559. The highest BCUT2D eigenvalue weighted by Gasteiger charge is 2.17. The monoisotopic (exact) mass is 426 g/mol. The Hall–Kier alpha value is -4.26. The van der Waals surface area contributed by atoms with E-state index in [4.69, 9.17) is 0 Å². The molecule has 32 heavy (non-hydrogen) atoms. The van der Waals surface area contributed by atoms with Crippen LogP contribution in [0, 0.1) is 0 Å². The molecular formula is C25H22N4O3. The van der Waals surface area contributed by atoms with E-state index in [2.05, 4.69) is 15.7 Å². The van der Waals surface area contributed by atoms with Crippen LogP contribution in [0.3, 0.4) is 0 Å². The third-order valence-corrected chi connectivity index (χ3v) is 4.98. The van der Waals surface area contributed by atoms with Gasteiger partial charge in [-0.2, -0.15) is 5.10 Å². The molecule has 0 aliphatic rings. The van der Waals surface area contributed by atoms with E-state index in [-0.39, 0.29) is 23.7 Å². The summed E-state index contributed by atoms with van der Waals surface area (Å²) in [6, 6.07) is 23.3. The normalized spacial score (nSPS) is 10.7. The number of benzene rings is 3. The fourth-order valence-corrected chi connectivity index (χ4v) is 3.38. The highest BCUT2D eigenvalue weighted by Crippen LogP contribution is 2.19. The highest BCUT2D eigenvalue weighted by atomic mass is 16.2. The third kappa shape index (κ3) is 4.57. The quantitative estimate of drug-likeness (QED) is 0.487. The van der Waals surface area contributed by atoms with Gasteiger partial charge in [0.25, 0.3) is 11.5 Å². The Kier molecular flexibility index (Phi) is 6.07. The van der Waals surface area contributed by atoms with Crippen LogP contribution >= 0.6 is 0 Å². The number of hydrogen-bond donors (Lipinski definition) is 2. The Bertz CT molecular complexity index is 1350. The highest BCUT2D eigenvalue weighted by molar-refractivity contribution is 6.11. The van der Waals surface area contributed by atoms with Crippen LogP contribution in [0.1, 0.15) is 29.4 Å². The van der Waals surface area contributed by atoms with Gasteiger partial charge < -0.3 is 10.6 Å². The van der Waals surface area contributed by atoms with E-state index >= 15 is 0 Å². The first-order chi connectivity index (χ1) is 15.5. The second-order valence-corrected chi connectivity index (χ2v) is 7.28. The van der Waals surface area contributed by atoms with E-state index < -0.39 is 5.91 Å². The summed E-state index contributed by atoms with van der Waals surface area (Å²) in [4.78, 5) is 37.8. The molecule has 0 unspecified atom stereocenters. The van der Waals surface area contributed by atoms with Crippen molar-refractivity contribution < 1.29 is 9.59 Å². The van der Waals surface area contributed by atoms with Crippen molar-refractivity contribution >= 4 is 34.0 Å². The molecule has 0 atom stereocenters. The Labute approximate surface area is 184 Å². The minimum atomic E-state index is -0.443. The SMILES string of the molecule is CCC(=O)Nc1cccc(NC(=O)c2nn(Cc3ccccc3)c(=O)c3ccccc23)c1. The van der Waals surface area contributed by atoms with Crippen LogP contribution in [0.4, 0.5) is 11.4 Å². The first kappa shape index (κ1) is 21.0. The zero-order valence-electron chi connectivity index (χ0n) is 17.5. The topological polar surface area (TPSA) is 93.1 Å². The van der Waals surface area contributed by atoms with Crippen LogP contribution in [0.2, 0.25) is 0 Å². The summed E-state index contributed by atoms with van der Waals surface area (Å²) >= 11 is 0. The predicted octanol–water partition coefficient (Wildman–Crippen LogP) is 4.05. The van der Waals surface area contributed by atoms with Crippen LogP contribution in [0.15, 0.2) is 83.7 Å². The number of carbonyl (C=O) groups is 2. The van der Waals surface area contributed by atoms with Gasteiger partial charge in [-0.15, -0.1) is 0 Å². The zero-order chi connectivity index (χ0) is 22.5. The molecule has 0 spiro atoms. The van der Waals surface area contributed by atoms with Gasteiger partial charge in [0.15, 0.2) is 5.69 Å². The number of rotatable bonds is 6. The molecule has 7 nitrogen and oxygen atoms in total. The number of hydrogen-bond acceptors (Lipinski definition) is 4. The number of nitrogens with zero attached hydrogens (tertiary/aromatic N) is 2. The molecule has 4 rings (SSSR count). The first-order valence-corrected chi connectivity index (χ1v) is 10.3. The average Bonchev–Trinajstić information content (AvgIpc) is 2.81. The average molecular weight is 426 g/mol. The van der Waals surface area contributed by atoms with E-state index in [0.29, 0.717) is 28.6 Å². The van der Waals surface area contributed by atoms with Crippen molar-refractivity contribution in [3.05, 3.63) is 100 Å². The van der Waals surface area contributed by atoms with E-state index in [1.54, 1.807) is 55.5 Å². The molecule has 0 saturated carbocycles. The number of aromatic nitrogens is 2. The predicted molar refractivity (Wildman–Crippen MR) is 125 cm³/mol. The maximum Gasteiger partial charge on any atom is 0.276 e. The zero-order valence-corrected chi connectivity index (χ0v) is 17.5. The van der Waals surface area contributed by atoms with Gasteiger partial charge in [0, 0.05) is 23.2 Å². The first-order valence-electron chi connectivity index (χ1n) is 10.3. The fraction of sp³-hybridized carbons (Fsp3) is 0.120. The van der Waals surface area contributed by atoms with Crippen molar-refractivity contribution in [3.63, 3.8) is 0 Å². The summed E-state index contributed by atoms with van der Waals surface area (Å²) in [6.07, 6.45) is 0.357. The molecule has 3 aromatic carbocycles. The summed E-state index contributed by atoms with van der Waals surface area (Å²) in [6.45, 7) is 2.02. The Morgan fingerprint density at radius 3 is 2.22 bits per heavy atom. The van der Waals surface area contributed by atoms with Crippen molar-refractivity contribution in [2.75, 3.05) is 10.6 Å². The molecule has 7 heteroatoms. The Morgan fingerprint density at radius 2 is 1.50 bits per heavy atom. The number of anilines is 2. The molecule has 0 aliphatic carbocycles. The van der Waals surface area contributed by atoms with Gasteiger partial charge in [-0.25, -0.2) is 4.68 Å². The number of amides is 2. The lowest BCUT2D eigenvalue weighted by molar-refractivity contribution is -0.115.